The van der Waals surface area contributed by atoms with E-state index < -0.39 is 0 Å². The van der Waals surface area contributed by atoms with E-state index in [1.54, 1.807) is 13.3 Å². The maximum absolute atomic E-state index is 6.24. The number of pyridine rings is 1. The first kappa shape index (κ1) is 11.3. The normalized spacial score (nSPS) is 11.1. The van der Waals surface area contributed by atoms with Crippen LogP contribution in [0.5, 0.6) is 5.75 Å². The van der Waals surface area contributed by atoms with E-state index in [9.17, 15) is 0 Å². The first-order chi connectivity index (χ1) is 8.70. The van der Waals surface area contributed by atoms with Gasteiger partial charge in [-0.25, -0.2) is 4.98 Å². The van der Waals surface area contributed by atoms with E-state index in [0.717, 1.165) is 32.9 Å². The molecule has 1 aromatic heterocycles. The fourth-order valence-corrected chi connectivity index (χ4v) is 2.53. The Morgan fingerprint density at radius 1 is 1.11 bits per heavy atom. The number of aryl methyl sites for hydroxylation is 1. The van der Waals surface area contributed by atoms with Crippen molar-refractivity contribution in [2.75, 3.05) is 7.11 Å². The smallest absolute Gasteiger partial charge is 0.137 e. The molecule has 0 amide bonds. The summed E-state index contributed by atoms with van der Waals surface area (Å²) in [5.41, 5.74) is 1.13. The number of benzene rings is 2. The third-order valence-corrected chi connectivity index (χ3v) is 3.52. The highest BCUT2D eigenvalue weighted by Crippen LogP contribution is 2.33. The van der Waals surface area contributed by atoms with Gasteiger partial charge in [-0.05, 0) is 46.8 Å². The van der Waals surface area contributed by atoms with Gasteiger partial charge in [0.15, 0.2) is 0 Å². The van der Waals surface area contributed by atoms with Gasteiger partial charge < -0.3 is 4.74 Å². The van der Waals surface area contributed by atoms with Gasteiger partial charge in [0.05, 0.1) is 7.11 Å². The summed E-state index contributed by atoms with van der Waals surface area (Å²) in [6.07, 6.45) is 1.81. The highest BCUT2D eigenvalue weighted by molar-refractivity contribution is 6.36. The maximum Gasteiger partial charge on any atom is 0.137 e. The summed E-state index contributed by atoms with van der Waals surface area (Å²) in [5.74, 6) is 0.846. The molecule has 0 unspecified atom stereocenters. The van der Waals surface area contributed by atoms with Crippen molar-refractivity contribution in [2.24, 2.45) is 0 Å². The van der Waals surface area contributed by atoms with Crippen LogP contribution in [0.3, 0.4) is 0 Å². The highest BCUT2D eigenvalue weighted by Gasteiger charge is 2.08. The Morgan fingerprint density at radius 2 is 1.89 bits per heavy atom. The van der Waals surface area contributed by atoms with Crippen LogP contribution in [0.2, 0.25) is 5.15 Å². The molecule has 3 aromatic rings. The summed E-state index contributed by atoms with van der Waals surface area (Å²) in [7, 11) is 1.67. The predicted molar refractivity (Wildman–Crippen MR) is 75.5 cm³/mol. The summed E-state index contributed by atoms with van der Waals surface area (Å²) >= 11 is 6.24. The number of ether oxygens (including phenoxy) is 1. The van der Waals surface area contributed by atoms with Gasteiger partial charge in [0.25, 0.3) is 0 Å². The van der Waals surface area contributed by atoms with Crippen LogP contribution in [0.15, 0.2) is 36.5 Å². The van der Waals surface area contributed by atoms with Crippen molar-refractivity contribution < 1.29 is 4.74 Å². The lowest BCUT2D eigenvalue weighted by Crippen LogP contribution is -1.87. The Kier molecular flexibility index (Phi) is 2.60. The molecule has 0 aliphatic carbocycles. The number of hydrogen-bond donors (Lipinski definition) is 0. The number of hydrogen-bond acceptors (Lipinski definition) is 2. The number of aromatic nitrogens is 1. The molecule has 0 atom stereocenters. The van der Waals surface area contributed by atoms with Crippen LogP contribution in [0, 0.1) is 6.92 Å². The van der Waals surface area contributed by atoms with Crippen molar-refractivity contribution in [3.63, 3.8) is 0 Å². The second-order valence-corrected chi connectivity index (χ2v) is 4.67. The van der Waals surface area contributed by atoms with E-state index in [4.69, 9.17) is 16.3 Å². The van der Waals surface area contributed by atoms with Crippen molar-refractivity contribution in [3.05, 3.63) is 47.2 Å². The Hall–Kier alpha value is -1.80. The monoisotopic (exact) mass is 257 g/mol. The van der Waals surface area contributed by atoms with Gasteiger partial charge in [-0.3, -0.25) is 0 Å². The molecule has 2 nitrogen and oxygen atoms in total. The molecular formula is C15H12ClNO. The Morgan fingerprint density at radius 3 is 2.67 bits per heavy atom. The molecule has 3 heteroatoms. The molecule has 1 heterocycles. The highest BCUT2D eigenvalue weighted by atomic mass is 35.5. The van der Waals surface area contributed by atoms with Crippen LogP contribution < -0.4 is 4.74 Å². The van der Waals surface area contributed by atoms with Crippen LogP contribution >= 0.6 is 11.6 Å². The zero-order chi connectivity index (χ0) is 12.7. The fourth-order valence-electron chi connectivity index (χ4n) is 2.27. The lowest BCUT2D eigenvalue weighted by atomic mass is 10.0. The standard InChI is InChI=1S/C15H12ClNO/c1-9-8-17-15(16)14-12(9)5-3-10-7-11(18-2)4-6-13(10)14/h3-8H,1-2H3. The van der Waals surface area contributed by atoms with Crippen LogP contribution in [-0.4, -0.2) is 12.1 Å². The number of rotatable bonds is 1. The lowest BCUT2D eigenvalue weighted by molar-refractivity contribution is 0.415. The molecule has 0 saturated carbocycles. The Labute approximate surface area is 110 Å². The van der Waals surface area contributed by atoms with Gasteiger partial charge in [-0.2, -0.15) is 0 Å². The molecule has 0 aliphatic rings. The molecule has 0 fully saturated rings. The van der Waals surface area contributed by atoms with Gasteiger partial charge in [0.1, 0.15) is 10.9 Å². The van der Waals surface area contributed by atoms with Gasteiger partial charge in [-0.1, -0.05) is 23.7 Å². The fraction of sp³-hybridized carbons (Fsp3) is 0.133. The first-order valence-electron chi connectivity index (χ1n) is 5.72. The number of halogens is 1. The third kappa shape index (κ3) is 1.61. The number of fused-ring (bicyclic) bond motifs is 3. The molecule has 0 saturated heterocycles. The van der Waals surface area contributed by atoms with Gasteiger partial charge >= 0.3 is 0 Å². The minimum Gasteiger partial charge on any atom is -0.497 e. The van der Waals surface area contributed by atoms with Gasteiger partial charge in [0, 0.05) is 11.6 Å². The van der Waals surface area contributed by atoms with Crippen molar-refractivity contribution in [3.8, 4) is 5.75 Å². The molecule has 2 aromatic carbocycles. The van der Waals surface area contributed by atoms with Gasteiger partial charge in [-0.15, -0.1) is 0 Å². The minimum atomic E-state index is 0.548. The van der Waals surface area contributed by atoms with E-state index in [1.807, 2.05) is 25.1 Å². The van der Waals surface area contributed by atoms with Crippen molar-refractivity contribution in [1.82, 2.24) is 4.98 Å². The van der Waals surface area contributed by atoms with E-state index in [-0.39, 0.29) is 0 Å². The van der Waals surface area contributed by atoms with Crippen LogP contribution in [0.1, 0.15) is 5.56 Å². The van der Waals surface area contributed by atoms with Crippen LogP contribution in [-0.2, 0) is 0 Å². The summed E-state index contributed by atoms with van der Waals surface area (Å²) in [4.78, 5) is 4.23. The number of methoxy groups -OCH3 is 1. The average Bonchev–Trinajstić information content (AvgIpc) is 2.41. The molecule has 3 rings (SSSR count). The zero-order valence-corrected chi connectivity index (χ0v) is 11.0. The number of nitrogens with zero attached hydrogens (tertiary/aromatic N) is 1. The minimum absolute atomic E-state index is 0.548. The van der Waals surface area contributed by atoms with E-state index in [0.29, 0.717) is 5.15 Å². The van der Waals surface area contributed by atoms with Crippen molar-refractivity contribution in [2.45, 2.75) is 6.92 Å². The second-order valence-electron chi connectivity index (χ2n) is 4.31. The third-order valence-electron chi connectivity index (χ3n) is 3.23. The Balaban J connectivity index is 2.49. The van der Waals surface area contributed by atoms with E-state index >= 15 is 0 Å². The molecule has 18 heavy (non-hydrogen) atoms. The van der Waals surface area contributed by atoms with Gasteiger partial charge in [0.2, 0.25) is 0 Å². The summed E-state index contributed by atoms with van der Waals surface area (Å²) < 4.78 is 5.24. The second kappa shape index (κ2) is 4.14. The summed E-state index contributed by atoms with van der Waals surface area (Å²) in [5, 5.41) is 4.92. The van der Waals surface area contributed by atoms with E-state index in [2.05, 4.69) is 17.1 Å². The molecule has 90 valence electrons. The summed E-state index contributed by atoms with van der Waals surface area (Å²) in [6.45, 7) is 2.04. The zero-order valence-electron chi connectivity index (χ0n) is 10.2. The predicted octanol–water partition coefficient (Wildman–Crippen LogP) is 4.36. The van der Waals surface area contributed by atoms with Crippen LogP contribution in [0.25, 0.3) is 21.5 Å². The average molecular weight is 258 g/mol. The largest absolute Gasteiger partial charge is 0.497 e. The van der Waals surface area contributed by atoms with Crippen LogP contribution in [0.4, 0.5) is 0 Å². The molecule has 0 radical (unpaired) electrons. The topological polar surface area (TPSA) is 22.1 Å². The quantitative estimate of drug-likeness (QED) is 0.477. The SMILES string of the molecule is COc1ccc2c(ccc3c(C)cnc(Cl)c32)c1. The van der Waals surface area contributed by atoms with Crippen molar-refractivity contribution in [1.29, 1.82) is 0 Å². The molecule has 0 aliphatic heterocycles. The van der Waals surface area contributed by atoms with Crippen molar-refractivity contribution >= 4 is 33.1 Å². The van der Waals surface area contributed by atoms with E-state index in [1.165, 1.54) is 0 Å². The maximum atomic E-state index is 6.24. The Bertz CT molecular complexity index is 752. The molecule has 0 N–H and O–H groups in total. The first-order valence-corrected chi connectivity index (χ1v) is 6.10. The molecule has 0 bridgehead atoms. The summed E-state index contributed by atoms with van der Waals surface area (Å²) in [6, 6.07) is 10.2. The lowest BCUT2D eigenvalue weighted by Gasteiger charge is -2.08. The molecular weight excluding hydrogens is 246 g/mol. The molecule has 0 spiro atoms.